The van der Waals surface area contributed by atoms with E-state index in [1.54, 1.807) is 24.3 Å². The molecule has 3 rings (SSSR count). The molecule has 0 radical (unpaired) electrons. The van der Waals surface area contributed by atoms with Crippen molar-refractivity contribution in [1.29, 1.82) is 0 Å². The van der Waals surface area contributed by atoms with Gasteiger partial charge in [-0.3, -0.25) is 0 Å². The minimum Gasteiger partial charge on any atom is -0.459 e. The molecule has 1 fully saturated rings. The van der Waals surface area contributed by atoms with E-state index in [1.807, 2.05) is 36.4 Å². The van der Waals surface area contributed by atoms with Crippen LogP contribution in [0.3, 0.4) is 0 Å². The van der Waals surface area contributed by atoms with Gasteiger partial charge in [0.25, 0.3) is 0 Å². The van der Waals surface area contributed by atoms with Gasteiger partial charge >= 0.3 is 11.9 Å². The van der Waals surface area contributed by atoms with Crippen LogP contribution >= 0.6 is 0 Å². The van der Waals surface area contributed by atoms with Crippen molar-refractivity contribution in [2.45, 2.75) is 38.4 Å². The first-order valence-electron chi connectivity index (χ1n) is 8.64. The predicted octanol–water partition coefficient (Wildman–Crippen LogP) is 4.26. The molecule has 0 spiro atoms. The number of hydrogen-bond acceptors (Lipinski definition) is 4. The average molecular weight is 338 g/mol. The van der Waals surface area contributed by atoms with Gasteiger partial charge in [0, 0.05) is 6.42 Å². The van der Waals surface area contributed by atoms with Gasteiger partial charge in [0.05, 0.1) is 11.1 Å². The summed E-state index contributed by atoms with van der Waals surface area (Å²) in [7, 11) is 0. The van der Waals surface area contributed by atoms with Crippen LogP contribution in [0.25, 0.3) is 0 Å². The highest BCUT2D eigenvalue weighted by Gasteiger charge is 2.31. The lowest BCUT2D eigenvalue weighted by Crippen LogP contribution is -2.35. The maximum Gasteiger partial charge on any atom is 0.338 e. The molecule has 1 aliphatic rings. The summed E-state index contributed by atoms with van der Waals surface area (Å²) in [5, 5.41) is 0. The molecule has 0 heterocycles. The van der Waals surface area contributed by atoms with Crippen molar-refractivity contribution < 1.29 is 19.1 Å². The van der Waals surface area contributed by atoms with E-state index in [0.29, 0.717) is 23.5 Å². The second-order valence-corrected chi connectivity index (χ2v) is 6.60. The summed E-state index contributed by atoms with van der Waals surface area (Å²) in [5.41, 5.74) is 1.08. The standard InChI is InChI=1S/C21H22O4/c1-15-12-18(24-20(22)16-8-4-2-5-9-16)14-19(13-15)25-21(23)17-10-6-3-7-11-17/h2-11,15,18-19H,12-14H2,1H3. The molecule has 1 aliphatic carbocycles. The van der Waals surface area contributed by atoms with Crippen LogP contribution in [-0.4, -0.2) is 24.1 Å². The number of carbonyl (C=O) groups is 2. The van der Waals surface area contributed by atoms with E-state index in [0.717, 1.165) is 12.8 Å². The van der Waals surface area contributed by atoms with E-state index in [4.69, 9.17) is 9.47 Å². The lowest BCUT2D eigenvalue weighted by Gasteiger charge is -2.32. The van der Waals surface area contributed by atoms with Crippen molar-refractivity contribution in [3.05, 3.63) is 71.8 Å². The Morgan fingerprint density at radius 2 is 1.12 bits per heavy atom. The summed E-state index contributed by atoms with van der Waals surface area (Å²) in [6, 6.07) is 17.9. The van der Waals surface area contributed by atoms with Gasteiger partial charge in [0.15, 0.2) is 0 Å². The van der Waals surface area contributed by atoms with E-state index in [-0.39, 0.29) is 24.1 Å². The second kappa shape index (κ2) is 7.97. The molecule has 2 aromatic rings. The number of ether oxygens (including phenoxy) is 2. The molecule has 0 aliphatic heterocycles. The molecule has 0 N–H and O–H groups in total. The van der Waals surface area contributed by atoms with Gasteiger partial charge in [-0.05, 0) is 43.0 Å². The third kappa shape index (κ3) is 4.69. The quantitative estimate of drug-likeness (QED) is 0.782. The normalized spacial score (nSPS) is 22.8. The van der Waals surface area contributed by atoms with Crippen molar-refractivity contribution in [3.8, 4) is 0 Å². The molecule has 0 amide bonds. The second-order valence-electron chi connectivity index (χ2n) is 6.60. The van der Waals surface area contributed by atoms with Crippen molar-refractivity contribution >= 4 is 11.9 Å². The van der Waals surface area contributed by atoms with Crippen molar-refractivity contribution in [2.24, 2.45) is 5.92 Å². The SMILES string of the molecule is CC1CC(OC(=O)c2ccccc2)CC(OC(=O)c2ccccc2)C1. The van der Waals surface area contributed by atoms with Gasteiger partial charge in [-0.15, -0.1) is 0 Å². The number of benzene rings is 2. The van der Waals surface area contributed by atoms with E-state index < -0.39 is 0 Å². The Hall–Kier alpha value is -2.62. The molecule has 25 heavy (non-hydrogen) atoms. The Bertz CT molecular complexity index is 650. The minimum absolute atomic E-state index is 0.231. The van der Waals surface area contributed by atoms with Crippen LogP contribution in [0.2, 0.25) is 0 Å². The zero-order valence-electron chi connectivity index (χ0n) is 14.3. The van der Waals surface area contributed by atoms with Gasteiger partial charge in [0.2, 0.25) is 0 Å². The fourth-order valence-electron chi connectivity index (χ4n) is 3.26. The summed E-state index contributed by atoms with van der Waals surface area (Å²) in [5.74, 6) is -0.323. The monoisotopic (exact) mass is 338 g/mol. The average Bonchev–Trinajstić information content (AvgIpc) is 2.62. The van der Waals surface area contributed by atoms with Gasteiger partial charge in [0.1, 0.15) is 12.2 Å². The number of hydrogen-bond donors (Lipinski definition) is 0. The molecular weight excluding hydrogens is 316 g/mol. The molecule has 0 bridgehead atoms. The predicted molar refractivity (Wildman–Crippen MR) is 94.3 cm³/mol. The lowest BCUT2D eigenvalue weighted by atomic mass is 9.86. The molecule has 1 saturated carbocycles. The highest BCUT2D eigenvalue weighted by Crippen LogP contribution is 2.29. The zero-order chi connectivity index (χ0) is 17.6. The van der Waals surface area contributed by atoms with Crippen LogP contribution in [0.4, 0.5) is 0 Å². The molecule has 130 valence electrons. The first kappa shape index (κ1) is 17.2. The number of esters is 2. The Morgan fingerprint density at radius 3 is 1.52 bits per heavy atom. The van der Waals surface area contributed by atoms with Crippen molar-refractivity contribution in [3.63, 3.8) is 0 Å². The summed E-state index contributed by atoms with van der Waals surface area (Å²) in [6.45, 7) is 2.09. The molecule has 0 saturated heterocycles. The van der Waals surface area contributed by atoms with Crippen LogP contribution in [0.1, 0.15) is 46.9 Å². The number of rotatable bonds is 4. The Morgan fingerprint density at radius 1 is 0.720 bits per heavy atom. The summed E-state index contributed by atoms with van der Waals surface area (Å²) < 4.78 is 11.3. The zero-order valence-corrected chi connectivity index (χ0v) is 14.3. The fourth-order valence-corrected chi connectivity index (χ4v) is 3.26. The van der Waals surface area contributed by atoms with Gasteiger partial charge in [-0.25, -0.2) is 9.59 Å². The smallest absolute Gasteiger partial charge is 0.338 e. The molecule has 4 heteroatoms. The Labute approximate surface area is 147 Å². The molecule has 4 nitrogen and oxygen atoms in total. The van der Waals surface area contributed by atoms with Crippen molar-refractivity contribution in [2.75, 3.05) is 0 Å². The van der Waals surface area contributed by atoms with E-state index >= 15 is 0 Å². The van der Waals surface area contributed by atoms with Crippen LogP contribution in [-0.2, 0) is 9.47 Å². The molecular formula is C21H22O4. The minimum atomic E-state index is -0.326. The summed E-state index contributed by atoms with van der Waals surface area (Å²) >= 11 is 0. The first-order valence-corrected chi connectivity index (χ1v) is 8.64. The molecule has 2 aromatic carbocycles. The largest absolute Gasteiger partial charge is 0.459 e. The third-order valence-electron chi connectivity index (χ3n) is 4.42. The molecule has 0 aromatic heterocycles. The van der Waals surface area contributed by atoms with Crippen LogP contribution in [0.5, 0.6) is 0 Å². The Balaban J connectivity index is 1.60. The first-order chi connectivity index (χ1) is 12.1. The van der Waals surface area contributed by atoms with Crippen LogP contribution in [0.15, 0.2) is 60.7 Å². The van der Waals surface area contributed by atoms with Crippen LogP contribution in [0, 0.1) is 5.92 Å². The van der Waals surface area contributed by atoms with Crippen LogP contribution < -0.4 is 0 Å². The summed E-state index contributed by atoms with van der Waals surface area (Å²) in [4.78, 5) is 24.5. The van der Waals surface area contributed by atoms with E-state index in [2.05, 4.69) is 6.92 Å². The van der Waals surface area contributed by atoms with E-state index in [9.17, 15) is 9.59 Å². The highest BCUT2D eigenvalue weighted by molar-refractivity contribution is 5.90. The maximum absolute atomic E-state index is 12.2. The topological polar surface area (TPSA) is 52.6 Å². The molecule has 2 unspecified atom stereocenters. The lowest BCUT2D eigenvalue weighted by molar-refractivity contribution is -0.0284. The van der Waals surface area contributed by atoms with Gasteiger partial charge < -0.3 is 9.47 Å². The fraction of sp³-hybridized carbons (Fsp3) is 0.333. The number of carbonyl (C=O) groups excluding carboxylic acids is 2. The van der Waals surface area contributed by atoms with Gasteiger partial charge in [-0.1, -0.05) is 43.3 Å². The Kier molecular flexibility index (Phi) is 5.49. The summed E-state index contributed by atoms with van der Waals surface area (Å²) in [6.07, 6.45) is 1.66. The maximum atomic E-state index is 12.2. The van der Waals surface area contributed by atoms with Gasteiger partial charge in [-0.2, -0.15) is 0 Å². The van der Waals surface area contributed by atoms with E-state index in [1.165, 1.54) is 0 Å². The third-order valence-corrected chi connectivity index (χ3v) is 4.42. The van der Waals surface area contributed by atoms with Crippen molar-refractivity contribution in [1.82, 2.24) is 0 Å². The molecule has 2 atom stereocenters. The highest BCUT2D eigenvalue weighted by atomic mass is 16.6.